The average molecular weight is 252 g/mol. The fourth-order valence-electron chi connectivity index (χ4n) is 1.65. The van der Waals surface area contributed by atoms with E-state index in [0.29, 0.717) is 11.4 Å². The summed E-state index contributed by atoms with van der Waals surface area (Å²) in [5, 5.41) is 15.1. The summed E-state index contributed by atoms with van der Waals surface area (Å²) in [6.07, 6.45) is 1.67. The molecule has 0 radical (unpaired) electrons. The van der Waals surface area contributed by atoms with E-state index in [0.717, 1.165) is 5.56 Å². The summed E-state index contributed by atoms with van der Waals surface area (Å²) in [4.78, 5) is 10.5. The Kier molecular flexibility index (Phi) is 3.10. The highest BCUT2D eigenvalue weighted by Crippen LogP contribution is 2.25. The van der Waals surface area contributed by atoms with Crippen LogP contribution in [0.1, 0.15) is 11.3 Å². The zero-order valence-corrected chi connectivity index (χ0v) is 9.89. The van der Waals surface area contributed by atoms with Crippen LogP contribution in [-0.2, 0) is 5.88 Å². The molecular formula is C11H10ClN3O2. The topological polar surface area (TPSA) is 61.0 Å². The molecular weight excluding hydrogens is 242 g/mol. The van der Waals surface area contributed by atoms with Crippen molar-refractivity contribution in [2.45, 2.75) is 12.8 Å². The maximum Gasteiger partial charge on any atom is 0.295 e. The number of para-hydroxylation sites is 1. The first-order chi connectivity index (χ1) is 8.13. The lowest BCUT2D eigenvalue weighted by atomic mass is 10.2. The molecule has 0 saturated heterocycles. The fraction of sp³-hybridized carbons (Fsp3) is 0.182. The number of benzene rings is 1. The highest BCUT2D eigenvalue weighted by Gasteiger charge is 2.17. The van der Waals surface area contributed by atoms with Crippen molar-refractivity contribution >= 4 is 17.3 Å². The first-order valence-electron chi connectivity index (χ1n) is 4.98. The van der Waals surface area contributed by atoms with E-state index in [4.69, 9.17) is 11.6 Å². The zero-order valence-electron chi connectivity index (χ0n) is 9.13. The van der Waals surface area contributed by atoms with E-state index in [1.807, 2.05) is 13.0 Å². The lowest BCUT2D eigenvalue weighted by molar-refractivity contribution is -0.384. The minimum Gasteiger partial charge on any atom is -0.258 e. The number of alkyl halides is 1. The van der Waals surface area contributed by atoms with Gasteiger partial charge < -0.3 is 0 Å². The van der Waals surface area contributed by atoms with Crippen LogP contribution in [0.3, 0.4) is 0 Å². The van der Waals surface area contributed by atoms with Gasteiger partial charge in [0.25, 0.3) is 5.69 Å². The third-order valence-electron chi connectivity index (χ3n) is 2.42. The Morgan fingerprint density at radius 1 is 1.47 bits per heavy atom. The van der Waals surface area contributed by atoms with Crippen molar-refractivity contribution < 1.29 is 4.92 Å². The number of aryl methyl sites for hydroxylation is 1. The van der Waals surface area contributed by atoms with Crippen LogP contribution >= 0.6 is 11.6 Å². The summed E-state index contributed by atoms with van der Waals surface area (Å²) in [6.45, 7) is 1.81. The van der Waals surface area contributed by atoms with E-state index in [-0.39, 0.29) is 11.6 Å². The van der Waals surface area contributed by atoms with Gasteiger partial charge in [0.1, 0.15) is 5.69 Å². The standard InChI is InChI=1S/C11H10ClN3O2/c1-8-3-2-4-10(15(16)17)11(8)14-6-5-9(7-12)13-14/h2-6H,7H2,1H3. The molecule has 2 rings (SSSR count). The quantitative estimate of drug-likeness (QED) is 0.479. The van der Waals surface area contributed by atoms with Gasteiger partial charge in [-0.1, -0.05) is 12.1 Å². The fourth-order valence-corrected chi connectivity index (χ4v) is 1.79. The Morgan fingerprint density at radius 3 is 2.82 bits per heavy atom. The second-order valence-corrected chi connectivity index (χ2v) is 3.85. The highest BCUT2D eigenvalue weighted by atomic mass is 35.5. The predicted molar refractivity (Wildman–Crippen MR) is 64.5 cm³/mol. The third-order valence-corrected chi connectivity index (χ3v) is 2.70. The second-order valence-electron chi connectivity index (χ2n) is 3.59. The zero-order chi connectivity index (χ0) is 12.4. The molecule has 0 aliphatic carbocycles. The molecule has 0 fully saturated rings. The normalized spacial score (nSPS) is 10.5. The summed E-state index contributed by atoms with van der Waals surface area (Å²) in [6, 6.07) is 6.67. The number of hydrogen-bond donors (Lipinski definition) is 0. The molecule has 0 bridgehead atoms. The van der Waals surface area contributed by atoms with Crippen LogP contribution in [0.5, 0.6) is 0 Å². The molecule has 0 aliphatic heterocycles. The molecule has 0 N–H and O–H groups in total. The molecule has 1 aromatic carbocycles. The van der Waals surface area contributed by atoms with Gasteiger partial charge in [-0.2, -0.15) is 5.10 Å². The molecule has 1 aromatic heterocycles. The first kappa shape index (κ1) is 11.6. The Balaban J connectivity index is 2.61. The highest BCUT2D eigenvalue weighted by molar-refractivity contribution is 6.16. The van der Waals surface area contributed by atoms with Gasteiger partial charge in [0, 0.05) is 12.3 Å². The van der Waals surface area contributed by atoms with Gasteiger partial charge in [-0.3, -0.25) is 10.1 Å². The molecule has 0 amide bonds. The van der Waals surface area contributed by atoms with Crippen molar-refractivity contribution in [1.82, 2.24) is 9.78 Å². The van der Waals surface area contributed by atoms with Crippen LogP contribution in [0, 0.1) is 17.0 Å². The predicted octanol–water partition coefficient (Wildman–Crippen LogP) is 2.83. The Morgan fingerprint density at radius 2 is 2.24 bits per heavy atom. The minimum absolute atomic E-state index is 0.0363. The summed E-state index contributed by atoms with van der Waals surface area (Å²) >= 11 is 5.66. The number of hydrogen-bond acceptors (Lipinski definition) is 3. The maximum absolute atomic E-state index is 11.0. The van der Waals surface area contributed by atoms with E-state index < -0.39 is 4.92 Å². The van der Waals surface area contributed by atoms with E-state index in [1.165, 1.54) is 10.7 Å². The van der Waals surface area contributed by atoms with Gasteiger partial charge in [-0.05, 0) is 18.6 Å². The Bertz CT molecular complexity index is 566. The summed E-state index contributed by atoms with van der Waals surface area (Å²) in [5.74, 6) is 0.284. The molecule has 0 unspecified atom stereocenters. The van der Waals surface area contributed by atoms with Crippen molar-refractivity contribution in [2.75, 3.05) is 0 Å². The molecule has 6 heteroatoms. The monoisotopic (exact) mass is 251 g/mol. The number of nitrogens with zero attached hydrogens (tertiary/aromatic N) is 3. The van der Waals surface area contributed by atoms with Gasteiger partial charge in [0.2, 0.25) is 0 Å². The van der Waals surface area contributed by atoms with Crippen LogP contribution in [0.25, 0.3) is 5.69 Å². The number of rotatable bonds is 3. The van der Waals surface area contributed by atoms with E-state index >= 15 is 0 Å². The van der Waals surface area contributed by atoms with Crippen LogP contribution in [0.2, 0.25) is 0 Å². The molecule has 0 saturated carbocycles. The van der Waals surface area contributed by atoms with Gasteiger partial charge >= 0.3 is 0 Å². The van der Waals surface area contributed by atoms with Crippen molar-refractivity contribution in [3.8, 4) is 5.69 Å². The van der Waals surface area contributed by atoms with Crippen molar-refractivity contribution in [3.05, 3.63) is 51.8 Å². The maximum atomic E-state index is 11.0. The lowest BCUT2D eigenvalue weighted by Crippen LogP contribution is -2.03. The molecule has 0 spiro atoms. The van der Waals surface area contributed by atoms with Gasteiger partial charge in [-0.15, -0.1) is 11.6 Å². The molecule has 5 nitrogen and oxygen atoms in total. The average Bonchev–Trinajstić information content (AvgIpc) is 2.76. The molecule has 17 heavy (non-hydrogen) atoms. The van der Waals surface area contributed by atoms with E-state index in [1.54, 1.807) is 18.3 Å². The smallest absolute Gasteiger partial charge is 0.258 e. The largest absolute Gasteiger partial charge is 0.295 e. The van der Waals surface area contributed by atoms with Crippen LogP contribution in [0.4, 0.5) is 5.69 Å². The third kappa shape index (κ3) is 2.14. The molecule has 1 heterocycles. The van der Waals surface area contributed by atoms with Crippen LogP contribution < -0.4 is 0 Å². The number of halogens is 1. The van der Waals surface area contributed by atoms with E-state index in [2.05, 4.69) is 5.10 Å². The van der Waals surface area contributed by atoms with Gasteiger partial charge in [-0.25, -0.2) is 4.68 Å². The second kappa shape index (κ2) is 4.55. The molecule has 2 aromatic rings. The number of nitro groups is 1. The van der Waals surface area contributed by atoms with Crippen LogP contribution in [-0.4, -0.2) is 14.7 Å². The van der Waals surface area contributed by atoms with Crippen molar-refractivity contribution in [2.24, 2.45) is 0 Å². The molecule has 0 atom stereocenters. The minimum atomic E-state index is -0.412. The molecule has 0 aliphatic rings. The SMILES string of the molecule is Cc1cccc([N+](=O)[O-])c1-n1ccc(CCl)n1. The van der Waals surface area contributed by atoms with Crippen molar-refractivity contribution in [3.63, 3.8) is 0 Å². The van der Waals surface area contributed by atoms with Crippen molar-refractivity contribution in [1.29, 1.82) is 0 Å². The lowest BCUT2D eigenvalue weighted by Gasteiger charge is -2.06. The summed E-state index contributed by atoms with van der Waals surface area (Å²) < 4.78 is 1.49. The number of nitro benzene ring substituents is 1. The van der Waals surface area contributed by atoms with Crippen LogP contribution in [0.15, 0.2) is 30.5 Å². The Hall–Kier alpha value is -1.88. The molecule has 88 valence electrons. The first-order valence-corrected chi connectivity index (χ1v) is 5.52. The van der Waals surface area contributed by atoms with Gasteiger partial charge in [0.05, 0.1) is 16.5 Å². The summed E-state index contributed by atoms with van der Waals surface area (Å²) in [7, 11) is 0. The Labute approximate surface area is 103 Å². The summed E-state index contributed by atoms with van der Waals surface area (Å²) in [5.41, 5.74) is 2.00. The van der Waals surface area contributed by atoms with E-state index in [9.17, 15) is 10.1 Å². The number of aromatic nitrogens is 2. The van der Waals surface area contributed by atoms with Gasteiger partial charge in [0.15, 0.2) is 0 Å².